The van der Waals surface area contributed by atoms with Gasteiger partial charge >= 0.3 is 0 Å². The maximum atomic E-state index is 12.5. The van der Waals surface area contributed by atoms with Crippen molar-refractivity contribution < 1.29 is 18.0 Å². The van der Waals surface area contributed by atoms with E-state index in [4.69, 9.17) is 0 Å². The van der Waals surface area contributed by atoms with Crippen molar-refractivity contribution in [3.8, 4) is 0 Å². The molecule has 0 aromatic heterocycles. The minimum Gasteiger partial charge on any atom is -0.350 e. The molecule has 2 heterocycles. The summed E-state index contributed by atoms with van der Waals surface area (Å²) in [5.41, 5.74) is 0.447. The van der Waals surface area contributed by atoms with Gasteiger partial charge in [-0.05, 0) is 25.3 Å². The van der Waals surface area contributed by atoms with Crippen molar-refractivity contribution in [2.75, 3.05) is 24.6 Å². The van der Waals surface area contributed by atoms with Crippen LogP contribution in [0, 0.1) is 5.92 Å². The van der Waals surface area contributed by atoms with E-state index in [1.54, 1.807) is 11.8 Å². The summed E-state index contributed by atoms with van der Waals surface area (Å²) in [7, 11) is -3.08. The molecule has 0 aliphatic carbocycles. The van der Waals surface area contributed by atoms with Gasteiger partial charge in [-0.3, -0.25) is 9.59 Å². The fraction of sp³-hybridized carbons (Fsp3) is 0.556. The first-order valence-corrected chi connectivity index (χ1v) is 10.4. The fourth-order valence-electron chi connectivity index (χ4n) is 3.58. The van der Waals surface area contributed by atoms with E-state index in [0.29, 0.717) is 19.5 Å². The lowest BCUT2D eigenvalue weighted by Gasteiger charge is -2.25. The number of carbonyl (C=O) groups is 2. The molecular formula is C18H24N2O4S. The number of likely N-dealkylation sites (tertiary alicyclic amines) is 1. The van der Waals surface area contributed by atoms with Gasteiger partial charge in [0.15, 0.2) is 9.84 Å². The van der Waals surface area contributed by atoms with Crippen LogP contribution >= 0.6 is 0 Å². The summed E-state index contributed by atoms with van der Waals surface area (Å²) < 4.78 is 23.3. The summed E-state index contributed by atoms with van der Waals surface area (Å²) in [5, 5.41) is 2.87. The third-order valence-corrected chi connectivity index (χ3v) is 6.93. The quantitative estimate of drug-likeness (QED) is 0.837. The van der Waals surface area contributed by atoms with Gasteiger partial charge in [-0.15, -0.1) is 0 Å². The first kappa shape index (κ1) is 17.9. The molecule has 0 radical (unpaired) electrons. The third kappa shape index (κ3) is 4.39. The average molecular weight is 364 g/mol. The normalized spacial score (nSPS) is 28.3. The second-order valence-electron chi connectivity index (χ2n) is 7.37. The molecule has 0 bridgehead atoms. The molecule has 136 valence electrons. The van der Waals surface area contributed by atoms with Crippen molar-refractivity contribution in [2.45, 2.75) is 31.7 Å². The van der Waals surface area contributed by atoms with E-state index in [-0.39, 0.29) is 29.7 Å². The number of nitrogens with one attached hydrogen (secondary N) is 1. The predicted octanol–water partition coefficient (Wildman–Crippen LogP) is 0.771. The Morgan fingerprint density at radius 3 is 2.68 bits per heavy atom. The van der Waals surface area contributed by atoms with Crippen molar-refractivity contribution in [2.24, 2.45) is 5.92 Å². The van der Waals surface area contributed by atoms with Crippen LogP contribution in [0.3, 0.4) is 0 Å². The Hall–Kier alpha value is -1.89. The smallest absolute Gasteiger partial charge is 0.225 e. The highest BCUT2D eigenvalue weighted by Crippen LogP contribution is 2.25. The summed E-state index contributed by atoms with van der Waals surface area (Å²) in [6.45, 7) is 2.76. The first-order valence-electron chi connectivity index (χ1n) is 8.61. The number of nitrogens with zero attached hydrogens (tertiary/aromatic N) is 1. The molecule has 1 aromatic rings. The van der Waals surface area contributed by atoms with E-state index >= 15 is 0 Å². The Morgan fingerprint density at radius 1 is 1.32 bits per heavy atom. The molecule has 7 heteroatoms. The first-order chi connectivity index (χ1) is 11.8. The Morgan fingerprint density at radius 2 is 2.04 bits per heavy atom. The molecule has 1 N–H and O–H groups in total. The molecule has 2 amide bonds. The molecule has 2 aliphatic heterocycles. The molecule has 1 aromatic carbocycles. The molecular weight excluding hydrogens is 340 g/mol. The van der Waals surface area contributed by atoms with Crippen molar-refractivity contribution in [1.29, 1.82) is 0 Å². The fourth-order valence-corrected chi connectivity index (χ4v) is 5.67. The van der Waals surface area contributed by atoms with Crippen LogP contribution in [0.1, 0.15) is 25.3 Å². The number of hydrogen-bond acceptors (Lipinski definition) is 4. The van der Waals surface area contributed by atoms with Crippen LogP contribution in [0.4, 0.5) is 0 Å². The summed E-state index contributed by atoms with van der Waals surface area (Å²) in [5.74, 6) is -0.542. The molecule has 0 unspecified atom stereocenters. The zero-order valence-corrected chi connectivity index (χ0v) is 15.2. The maximum absolute atomic E-state index is 12.5. The lowest BCUT2D eigenvalue weighted by atomic mass is 9.99. The highest BCUT2D eigenvalue weighted by molar-refractivity contribution is 7.91. The Bertz CT molecular complexity index is 763. The van der Waals surface area contributed by atoms with E-state index < -0.39 is 21.3 Å². The molecule has 3 rings (SSSR count). The van der Waals surface area contributed by atoms with Crippen molar-refractivity contribution in [3.05, 3.63) is 35.9 Å². The second kappa shape index (κ2) is 6.78. The Kier molecular flexibility index (Phi) is 4.86. The Balaban J connectivity index is 1.54. The molecule has 2 aliphatic rings. The van der Waals surface area contributed by atoms with Crippen LogP contribution in [-0.2, 0) is 25.8 Å². The highest BCUT2D eigenvalue weighted by atomic mass is 32.2. The average Bonchev–Trinajstić information content (AvgIpc) is 3.05. The number of hydrogen-bond donors (Lipinski definition) is 1. The van der Waals surface area contributed by atoms with Gasteiger partial charge in [0.1, 0.15) is 0 Å². The van der Waals surface area contributed by atoms with Crippen LogP contribution in [0.25, 0.3) is 0 Å². The number of carbonyl (C=O) groups excluding carboxylic acids is 2. The van der Waals surface area contributed by atoms with Crippen LogP contribution < -0.4 is 5.32 Å². The zero-order valence-electron chi connectivity index (χ0n) is 14.4. The molecule has 2 saturated heterocycles. The summed E-state index contributed by atoms with van der Waals surface area (Å²) in [6.07, 6.45) is 1.39. The molecule has 6 nitrogen and oxygen atoms in total. The summed E-state index contributed by atoms with van der Waals surface area (Å²) >= 11 is 0. The van der Waals surface area contributed by atoms with Crippen molar-refractivity contribution in [1.82, 2.24) is 10.2 Å². The maximum Gasteiger partial charge on any atom is 0.225 e. The largest absolute Gasteiger partial charge is 0.350 e. The highest BCUT2D eigenvalue weighted by Gasteiger charge is 2.42. The molecule has 0 spiro atoms. The summed E-state index contributed by atoms with van der Waals surface area (Å²) in [6, 6.07) is 9.92. The minimum absolute atomic E-state index is 0.0136. The second-order valence-corrected chi connectivity index (χ2v) is 9.55. The molecule has 0 saturated carbocycles. The van der Waals surface area contributed by atoms with E-state index in [2.05, 4.69) is 5.32 Å². The standard InChI is InChI=1S/C18H24N2O4S/c1-18(8-10-25(23,24)13-18)19-17(22)15-11-16(21)20(12-15)9-7-14-5-3-2-4-6-14/h2-6,15H,7-13H2,1H3,(H,19,22)/t15-,18+/m1/s1. The molecule has 2 fully saturated rings. The number of rotatable bonds is 5. The van der Waals surface area contributed by atoms with E-state index in [1.165, 1.54) is 0 Å². The lowest BCUT2D eigenvalue weighted by molar-refractivity contribution is -0.129. The summed E-state index contributed by atoms with van der Waals surface area (Å²) in [4.78, 5) is 26.4. The monoisotopic (exact) mass is 364 g/mol. The molecule has 2 atom stereocenters. The zero-order chi connectivity index (χ0) is 18.1. The number of sulfone groups is 1. The van der Waals surface area contributed by atoms with Crippen LogP contribution in [0.15, 0.2) is 30.3 Å². The van der Waals surface area contributed by atoms with Gasteiger partial charge in [-0.1, -0.05) is 30.3 Å². The molecule has 25 heavy (non-hydrogen) atoms. The topological polar surface area (TPSA) is 83.6 Å². The third-order valence-electron chi connectivity index (χ3n) is 5.03. The van der Waals surface area contributed by atoms with Gasteiger partial charge in [-0.25, -0.2) is 8.42 Å². The van der Waals surface area contributed by atoms with E-state index in [0.717, 1.165) is 12.0 Å². The lowest BCUT2D eigenvalue weighted by Crippen LogP contribution is -2.49. The van der Waals surface area contributed by atoms with Crippen LogP contribution in [0.5, 0.6) is 0 Å². The number of benzene rings is 1. The van der Waals surface area contributed by atoms with Crippen LogP contribution in [-0.4, -0.2) is 55.3 Å². The van der Waals surface area contributed by atoms with Gasteiger partial charge in [0.05, 0.1) is 23.0 Å². The van der Waals surface area contributed by atoms with Gasteiger partial charge in [0.2, 0.25) is 11.8 Å². The van der Waals surface area contributed by atoms with Gasteiger partial charge in [0.25, 0.3) is 0 Å². The van der Waals surface area contributed by atoms with E-state index in [9.17, 15) is 18.0 Å². The number of amides is 2. The van der Waals surface area contributed by atoms with Crippen molar-refractivity contribution in [3.63, 3.8) is 0 Å². The van der Waals surface area contributed by atoms with Gasteiger partial charge in [-0.2, -0.15) is 0 Å². The predicted molar refractivity (Wildman–Crippen MR) is 94.7 cm³/mol. The van der Waals surface area contributed by atoms with Crippen molar-refractivity contribution >= 4 is 21.7 Å². The van der Waals surface area contributed by atoms with Gasteiger partial charge in [0, 0.05) is 19.5 Å². The SMILES string of the molecule is C[C@]1(NC(=O)[C@@H]2CC(=O)N(CCc3ccccc3)C2)CCS(=O)(=O)C1. The van der Waals surface area contributed by atoms with E-state index in [1.807, 2.05) is 30.3 Å². The van der Waals surface area contributed by atoms with Crippen LogP contribution in [0.2, 0.25) is 0 Å². The Labute approximate surface area is 148 Å². The minimum atomic E-state index is -3.08. The van der Waals surface area contributed by atoms with Gasteiger partial charge < -0.3 is 10.2 Å².